The van der Waals surface area contributed by atoms with Crippen LogP contribution in [0.2, 0.25) is 0 Å². The molecule has 2 aromatic carbocycles. The molecule has 0 fully saturated rings. The molecule has 0 spiro atoms. The van der Waals surface area contributed by atoms with Crippen molar-refractivity contribution in [2.45, 2.75) is 19.3 Å². The van der Waals surface area contributed by atoms with Gasteiger partial charge in [0, 0.05) is 17.8 Å². The number of hydrogen-bond acceptors (Lipinski definition) is 3. The SMILES string of the molecule is CC1CCN(C(=O)c2ccc3c(c2)OCO3)c2ccccc21. The maximum Gasteiger partial charge on any atom is 0.258 e. The first-order chi connectivity index (χ1) is 10.7. The van der Waals surface area contributed by atoms with Crippen LogP contribution in [0.15, 0.2) is 42.5 Å². The van der Waals surface area contributed by atoms with E-state index in [-0.39, 0.29) is 12.7 Å². The summed E-state index contributed by atoms with van der Waals surface area (Å²) < 4.78 is 10.7. The van der Waals surface area contributed by atoms with E-state index in [0.717, 1.165) is 18.7 Å². The zero-order valence-corrected chi connectivity index (χ0v) is 12.4. The molecule has 1 atom stereocenters. The van der Waals surface area contributed by atoms with Crippen LogP contribution in [0.3, 0.4) is 0 Å². The number of benzene rings is 2. The monoisotopic (exact) mass is 295 g/mol. The van der Waals surface area contributed by atoms with Gasteiger partial charge in [0.15, 0.2) is 11.5 Å². The summed E-state index contributed by atoms with van der Waals surface area (Å²) in [4.78, 5) is 14.8. The van der Waals surface area contributed by atoms with Crippen LogP contribution >= 0.6 is 0 Å². The molecule has 0 aromatic heterocycles. The first-order valence-electron chi connectivity index (χ1n) is 7.54. The van der Waals surface area contributed by atoms with Gasteiger partial charge in [-0.05, 0) is 42.2 Å². The molecule has 0 radical (unpaired) electrons. The minimum atomic E-state index is 0.0117. The van der Waals surface area contributed by atoms with E-state index < -0.39 is 0 Å². The average molecular weight is 295 g/mol. The van der Waals surface area contributed by atoms with E-state index in [0.29, 0.717) is 23.0 Å². The van der Waals surface area contributed by atoms with Crippen LogP contribution in [0.5, 0.6) is 11.5 Å². The topological polar surface area (TPSA) is 38.8 Å². The van der Waals surface area contributed by atoms with Crippen LogP contribution in [-0.4, -0.2) is 19.2 Å². The smallest absolute Gasteiger partial charge is 0.258 e. The summed E-state index contributed by atoms with van der Waals surface area (Å²) in [5, 5.41) is 0. The van der Waals surface area contributed by atoms with Crippen LogP contribution in [-0.2, 0) is 0 Å². The third-order valence-corrected chi connectivity index (χ3v) is 4.41. The van der Waals surface area contributed by atoms with Crippen LogP contribution in [0.1, 0.15) is 35.2 Å². The Labute approximate surface area is 129 Å². The second-order valence-electron chi connectivity index (χ2n) is 5.77. The molecule has 4 heteroatoms. The second-order valence-corrected chi connectivity index (χ2v) is 5.77. The van der Waals surface area contributed by atoms with E-state index in [1.807, 2.05) is 23.1 Å². The lowest BCUT2D eigenvalue weighted by Gasteiger charge is -2.33. The number of para-hydroxylation sites is 1. The van der Waals surface area contributed by atoms with Crippen molar-refractivity contribution in [3.63, 3.8) is 0 Å². The lowest BCUT2D eigenvalue weighted by molar-refractivity contribution is 0.0984. The van der Waals surface area contributed by atoms with E-state index in [1.165, 1.54) is 5.56 Å². The first-order valence-corrected chi connectivity index (χ1v) is 7.54. The maximum atomic E-state index is 12.9. The molecule has 1 amide bonds. The highest BCUT2D eigenvalue weighted by atomic mass is 16.7. The number of carbonyl (C=O) groups excluding carboxylic acids is 1. The number of nitrogens with zero attached hydrogens (tertiary/aromatic N) is 1. The normalized spacial score (nSPS) is 19.0. The van der Waals surface area contributed by atoms with Crippen molar-refractivity contribution in [3.8, 4) is 11.5 Å². The molecule has 2 aliphatic heterocycles. The average Bonchev–Trinajstić information content (AvgIpc) is 3.02. The van der Waals surface area contributed by atoms with Crippen molar-refractivity contribution in [2.24, 2.45) is 0 Å². The summed E-state index contributed by atoms with van der Waals surface area (Å²) in [5.74, 6) is 1.84. The Morgan fingerprint density at radius 3 is 2.86 bits per heavy atom. The number of rotatable bonds is 1. The van der Waals surface area contributed by atoms with Gasteiger partial charge in [0.25, 0.3) is 5.91 Å². The van der Waals surface area contributed by atoms with Gasteiger partial charge in [-0.2, -0.15) is 0 Å². The summed E-state index contributed by atoms with van der Waals surface area (Å²) >= 11 is 0. The zero-order valence-electron chi connectivity index (χ0n) is 12.4. The molecule has 4 rings (SSSR count). The fourth-order valence-electron chi connectivity index (χ4n) is 3.15. The number of hydrogen-bond donors (Lipinski definition) is 0. The number of anilines is 1. The molecule has 0 N–H and O–H groups in total. The minimum absolute atomic E-state index is 0.0117. The predicted octanol–water partition coefficient (Wildman–Crippen LogP) is 3.57. The Bertz CT molecular complexity index is 741. The standard InChI is InChI=1S/C18H17NO3/c1-12-8-9-19(15-5-3-2-4-14(12)15)18(20)13-6-7-16-17(10-13)22-11-21-16/h2-7,10,12H,8-9,11H2,1H3. The largest absolute Gasteiger partial charge is 0.454 e. The summed E-state index contributed by atoms with van der Waals surface area (Å²) in [5.41, 5.74) is 2.89. The molecule has 112 valence electrons. The lowest BCUT2D eigenvalue weighted by atomic mass is 9.91. The van der Waals surface area contributed by atoms with Gasteiger partial charge in [0.1, 0.15) is 0 Å². The fourth-order valence-corrected chi connectivity index (χ4v) is 3.15. The van der Waals surface area contributed by atoms with Crippen LogP contribution in [0.4, 0.5) is 5.69 Å². The van der Waals surface area contributed by atoms with Gasteiger partial charge in [0.05, 0.1) is 0 Å². The Morgan fingerprint density at radius 1 is 1.14 bits per heavy atom. The van der Waals surface area contributed by atoms with Gasteiger partial charge in [-0.25, -0.2) is 0 Å². The molecule has 4 nitrogen and oxygen atoms in total. The minimum Gasteiger partial charge on any atom is -0.454 e. The molecule has 1 unspecified atom stereocenters. The van der Waals surface area contributed by atoms with Crippen molar-refractivity contribution in [1.29, 1.82) is 0 Å². The zero-order chi connectivity index (χ0) is 15.1. The van der Waals surface area contributed by atoms with Crippen molar-refractivity contribution < 1.29 is 14.3 Å². The Morgan fingerprint density at radius 2 is 1.95 bits per heavy atom. The molecular formula is C18H17NO3. The van der Waals surface area contributed by atoms with Gasteiger partial charge in [-0.1, -0.05) is 25.1 Å². The molecule has 2 aromatic rings. The Balaban J connectivity index is 1.70. The molecule has 0 saturated heterocycles. The molecular weight excluding hydrogens is 278 g/mol. The third kappa shape index (κ3) is 2.03. The van der Waals surface area contributed by atoms with E-state index in [4.69, 9.17) is 9.47 Å². The quantitative estimate of drug-likeness (QED) is 0.807. The highest BCUT2D eigenvalue weighted by molar-refractivity contribution is 6.07. The van der Waals surface area contributed by atoms with Gasteiger partial charge < -0.3 is 14.4 Å². The number of fused-ring (bicyclic) bond motifs is 2. The number of carbonyl (C=O) groups is 1. The van der Waals surface area contributed by atoms with Crippen molar-refractivity contribution in [3.05, 3.63) is 53.6 Å². The Hall–Kier alpha value is -2.49. The van der Waals surface area contributed by atoms with Crippen molar-refractivity contribution in [2.75, 3.05) is 18.2 Å². The maximum absolute atomic E-state index is 12.9. The molecule has 2 heterocycles. The summed E-state index contributed by atoms with van der Waals surface area (Å²) in [7, 11) is 0. The Kier molecular flexibility index (Phi) is 3.03. The van der Waals surface area contributed by atoms with Gasteiger partial charge in [-0.3, -0.25) is 4.79 Å². The molecule has 0 bridgehead atoms. The van der Waals surface area contributed by atoms with Crippen LogP contribution in [0, 0.1) is 0 Å². The first kappa shape index (κ1) is 13.2. The van der Waals surface area contributed by atoms with Crippen LogP contribution < -0.4 is 14.4 Å². The predicted molar refractivity (Wildman–Crippen MR) is 83.7 cm³/mol. The van der Waals surface area contributed by atoms with Gasteiger partial charge in [0.2, 0.25) is 6.79 Å². The second kappa shape index (κ2) is 5.05. The molecule has 0 saturated carbocycles. The van der Waals surface area contributed by atoms with Crippen molar-refractivity contribution in [1.82, 2.24) is 0 Å². The summed E-state index contributed by atoms with van der Waals surface area (Å²) in [6.07, 6.45) is 0.979. The fraction of sp³-hybridized carbons (Fsp3) is 0.278. The highest BCUT2D eigenvalue weighted by Gasteiger charge is 2.27. The van der Waals surface area contributed by atoms with Crippen LogP contribution in [0.25, 0.3) is 0 Å². The third-order valence-electron chi connectivity index (χ3n) is 4.41. The van der Waals surface area contributed by atoms with E-state index in [2.05, 4.69) is 13.0 Å². The highest BCUT2D eigenvalue weighted by Crippen LogP contribution is 2.37. The van der Waals surface area contributed by atoms with Crippen molar-refractivity contribution >= 4 is 11.6 Å². The molecule has 22 heavy (non-hydrogen) atoms. The lowest BCUT2D eigenvalue weighted by Crippen LogP contribution is -2.36. The van der Waals surface area contributed by atoms with E-state index >= 15 is 0 Å². The summed E-state index contributed by atoms with van der Waals surface area (Å²) in [6.45, 7) is 3.17. The van der Waals surface area contributed by atoms with E-state index in [1.54, 1.807) is 18.2 Å². The molecule has 0 aliphatic carbocycles. The number of amides is 1. The molecule has 2 aliphatic rings. The van der Waals surface area contributed by atoms with Gasteiger partial charge >= 0.3 is 0 Å². The van der Waals surface area contributed by atoms with E-state index in [9.17, 15) is 4.79 Å². The number of ether oxygens (including phenoxy) is 2. The summed E-state index contributed by atoms with van der Waals surface area (Å²) in [6, 6.07) is 13.5. The van der Waals surface area contributed by atoms with Gasteiger partial charge in [-0.15, -0.1) is 0 Å².